The molecule has 0 saturated carbocycles. The number of esters is 1. The lowest BCUT2D eigenvalue weighted by molar-refractivity contribution is 0.0368. The predicted molar refractivity (Wildman–Crippen MR) is 96.5 cm³/mol. The fourth-order valence-electron chi connectivity index (χ4n) is 3.79. The number of hydrogen-bond donors (Lipinski definition) is 2. The Labute approximate surface area is 147 Å². The number of carboxylic acids is 1. The van der Waals surface area contributed by atoms with Crippen LogP contribution in [0.4, 0.5) is 0 Å². The molecule has 5 rings (SSSR count). The molecule has 0 unspecified atom stereocenters. The molecule has 0 amide bonds. The van der Waals surface area contributed by atoms with Crippen LogP contribution >= 0.6 is 0 Å². The molecule has 1 atom stereocenters. The van der Waals surface area contributed by atoms with Gasteiger partial charge in [0.25, 0.3) is 0 Å². The molecule has 1 aliphatic heterocycles. The maximum atomic E-state index is 12.6. The Bertz CT molecular complexity index is 1220. The van der Waals surface area contributed by atoms with E-state index in [1.165, 1.54) is 0 Å². The summed E-state index contributed by atoms with van der Waals surface area (Å²) < 4.78 is 5.75. The molecule has 0 bridgehead atoms. The minimum Gasteiger partial charge on any atom is -0.478 e. The first-order chi connectivity index (χ1) is 12.6. The van der Waals surface area contributed by atoms with Gasteiger partial charge in [-0.25, -0.2) is 9.59 Å². The number of cyclic esters (lactones) is 1. The van der Waals surface area contributed by atoms with Gasteiger partial charge in [0, 0.05) is 28.1 Å². The molecule has 0 fully saturated rings. The largest absolute Gasteiger partial charge is 0.478 e. The fraction of sp³-hybridized carbons (Fsp3) is 0.0476. The van der Waals surface area contributed by atoms with Gasteiger partial charge in [0.1, 0.15) is 0 Å². The van der Waals surface area contributed by atoms with Crippen molar-refractivity contribution in [1.29, 1.82) is 0 Å². The number of aromatic carboxylic acids is 1. The number of nitrogens with one attached hydrogen (secondary N) is 1. The lowest BCUT2D eigenvalue weighted by atomic mass is 9.90. The summed E-state index contributed by atoms with van der Waals surface area (Å²) >= 11 is 0. The van der Waals surface area contributed by atoms with Crippen LogP contribution in [0.3, 0.4) is 0 Å². The highest BCUT2D eigenvalue weighted by atomic mass is 16.5. The topological polar surface area (TPSA) is 79.4 Å². The SMILES string of the molecule is O=C(O)c1cccc2c([C@@H]3OC(=O)c4cccc5cccc3c45)c[nH]c12. The molecule has 1 aliphatic rings. The predicted octanol–water partition coefficient (Wildman–Crippen LogP) is 4.28. The Morgan fingerprint density at radius 2 is 1.77 bits per heavy atom. The van der Waals surface area contributed by atoms with Gasteiger partial charge in [0.2, 0.25) is 0 Å². The lowest BCUT2D eigenvalue weighted by Gasteiger charge is -2.25. The van der Waals surface area contributed by atoms with Crippen molar-refractivity contribution in [3.63, 3.8) is 0 Å². The van der Waals surface area contributed by atoms with E-state index < -0.39 is 12.1 Å². The number of benzene rings is 3. The molecular formula is C21H13NO4. The Morgan fingerprint density at radius 1 is 1.00 bits per heavy atom. The molecule has 3 aromatic carbocycles. The van der Waals surface area contributed by atoms with Crippen molar-refractivity contribution in [3.8, 4) is 0 Å². The number of ether oxygens (including phenoxy) is 1. The van der Waals surface area contributed by atoms with E-state index in [1.807, 2.05) is 36.4 Å². The van der Waals surface area contributed by atoms with Crippen molar-refractivity contribution in [2.75, 3.05) is 0 Å². The molecule has 0 saturated heterocycles. The normalized spacial score (nSPS) is 16.0. The monoisotopic (exact) mass is 343 g/mol. The highest BCUT2D eigenvalue weighted by Gasteiger charge is 2.31. The van der Waals surface area contributed by atoms with E-state index in [4.69, 9.17) is 4.74 Å². The van der Waals surface area contributed by atoms with Crippen molar-refractivity contribution in [1.82, 2.24) is 4.98 Å². The van der Waals surface area contributed by atoms with Crippen LogP contribution < -0.4 is 0 Å². The molecule has 0 radical (unpaired) electrons. The van der Waals surface area contributed by atoms with E-state index in [2.05, 4.69) is 4.98 Å². The number of carbonyl (C=O) groups excluding carboxylic acids is 1. The average Bonchev–Trinajstić information content (AvgIpc) is 3.08. The van der Waals surface area contributed by atoms with Crippen LogP contribution in [-0.2, 0) is 4.74 Å². The summed E-state index contributed by atoms with van der Waals surface area (Å²) in [6, 6.07) is 16.5. The maximum Gasteiger partial charge on any atom is 0.339 e. The third kappa shape index (κ3) is 1.91. The second-order valence-electron chi connectivity index (χ2n) is 6.31. The van der Waals surface area contributed by atoms with Crippen molar-refractivity contribution in [2.45, 2.75) is 6.10 Å². The van der Waals surface area contributed by atoms with Crippen LogP contribution in [0.1, 0.15) is 37.9 Å². The van der Waals surface area contributed by atoms with E-state index in [9.17, 15) is 14.7 Å². The minimum atomic E-state index is -1.00. The molecule has 2 N–H and O–H groups in total. The van der Waals surface area contributed by atoms with E-state index in [-0.39, 0.29) is 11.5 Å². The summed E-state index contributed by atoms with van der Waals surface area (Å²) in [5.74, 6) is -1.37. The van der Waals surface area contributed by atoms with E-state index in [1.54, 1.807) is 24.4 Å². The van der Waals surface area contributed by atoms with Crippen LogP contribution in [0.2, 0.25) is 0 Å². The average molecular weight is 343 g/mol. The number of fused-ring (bicyclic) bond motifs is 1. The zero-order chi connectivity index (χ0) is 17.8. The smallest absolute Gasteiger partial charge is 0.339 e. The van der Waals surface area contributed by atoms with E-state index in [0.29, 0.717) is 11.1 Å². The van der Waals surface area contributed by atoms with Crippen LogP contribution in [0.25, 0.3) is 21.7 Å². The van der Waals surface area contributed by atoms with Crippen LogP contribution in [0.15, 0.2) is 60.8 Å². The third-order valence-corrected chi connectivity index (χ3v) is 4.92. The van der Waals surface area contributed by atoms with Crippen molar-refractivity contribution in [2.24, 2.45) is 0 Å². The highest BCUT2D eigenvalue weighted by molar-refractivity contribution is 6.09. The number of para-hydroxylation sites is 1. The molecular weight excluding hydrogens is 330 g/mol. The zero-order valence-corrected chi connectivity index (χ0v) is 13.5. The first kappa shape index (κ1) is 14.7. The molecule has 26 heavy (non-hydrogen) atoms. The van der Waals surface area contributed by atoms with Gasteiger partial charge >= 0.3 is 11.9 Å². The van der Waals surface area contributed by atoms with Crippen molar-refractivity contribution < 1.29 is 19.4 Å². The number of carboxylic acid groups (broad SMARTS) is 1. The standard InChI is InChI=1S/C21H13NO4/c23-20(24)15-9-3-6-12-16(10-22-18(12)15)19-13-7-1-4-11-5-2-8-14(17(11)13)21(25)26-19/h1-10,19,22H,(H,23,24)/t19-/m1/s1. The summed E-state index contributed by atoms with van der Waals surface area (Å²) in [5.41, 5.74) is 2.92. The number of H-pyrrole nitrogens is 1. The lowest BCUT2D eigenvalue weighted by Crippen LogP contribution is -2.19. The van der Waals surface area contributed by atoms with Crippen LogP contribution in [0, 0.1) is 0 Å². The van der Waals surface area contributed by atoms with Gasteiger partial charge in [-0.1, -0.05) is 42.5 Å². The van der Waals surface area contributed by atoms with Crippen molar-refractivity contribution in [3.05, 3.63) is 83.0 Å². The number of hydrogen-bond acceptors (Lipinski definition) is 3. The Morgan fingerprint density at radius 3 is 2.58 bits per heavy atom. The van der Waals surface area contributed by atoms with E-state index in [0.717, 1.165) is 27.3 Å². The molecule has 4 aromatic rings. The summed E-state index contributed by atoms with van der Waals surface area (Å²) in [7, 11) is 0. The van der Waals surface area contributed by atoms with Gasteiger partial charge in [-0.3, -0.25) is 0 Å². The fourth-order valence-corrected chi connectivity index (χ4v) is 3.79. The maximum absolute atomic E-state index is 12.6. The molecule has 5 nitrogen and oxygen atoms in total. The Balaban J connectivity index is 1.79. The number of carbonyl (C=O) groups is 2. The summed E-state index contributed by atoms with van der Waals surface area (Å²) in [6.07, 6.45) is 1.14. The van der Waals surface area contributed by atoms with Gasteiger partial charge in [-0.2, -0.15) is 0 Å². The first-order valence-electron chi connectivity index (χ1n) is 8.21. The Kier molecular flexibility index (Phi) is 2.94. The molecule has 1 aromatic heterocycles. The van der Waals surface area contributed by atoms with Gasteiger partial charge in [-0.15, -0.1) is 0 Å². The second-order valence-corrected chi connectivity index (χ2v) is 6.31. The Hall–Kier alpha value is -3.60. The molecule has 2 heterocycles. The third-order valence-electron chi connectivity index (χ3n) is 4.92. The van der Waals surface area contributed by atoms with Gasteiger partial charge in [-0.05, 0) is 17.5 Å². The second kappa shape index (κ2) is 5.20. The van der Waals surface area contributed by atoms with Crippen LogP contribution in [-0.4, -0.2) is 22.0 Å². The number of aromatic amines is 1. The molecule has 5 heteroatoms. The number of rotatable bonds is 2. The molecule has 0 spiro atoms. The van der Waals surface area contributed by atoms with Gasteiger partial charge in [0.15, 0.2) is 6.10 Å². The summed E-state index contributed by atoms with van der Waals surface area (Å²) in [5, 5.41) is 12.0. The summed E-state index contributed by atoms with van der Waals surface area (Å²) in [6.45, 7) is 0. The minimum absolute atomic E-state index is 0.189. The van der Waals surface area contributed by atoms with Crippen LogP contribution in [0.5, 0.6) is 0 Å². The quantitative estimate of drug-likeness (QED) is 0.533. The van der Waals surface area contributed by atoms with Gasteiger partial charge < -0.3 is 14.8 Å². The van der Waals surface area contributed by atoms with E-state index >= 15 is 0 Å². The number of aromatic nitrogens is 1. The zero-order valence-electron chi connectivity index (χ0n) is 13.5. The molecule has 126 valence electrons. The molecule has 0 aliphatic carbocycles. The van der Waals surface area contributed by atoms with Crippen molar-refractivity contribution >= 4 is 33.6 Å². The van der Waals surface area contributed by atoms with Gasteiger partial charge in [0.05, 0.1) is 16.6 Å². The highest BCUT2D eigenvalue weighted by Crippen LogP contribution is 2.41. The summed E-state index contributed by atoms with van der Waals surface area (Å²) in [4.78, 5) is 27.1. The first-order valence-corrected chi connectivity index (χ1v) is 8.21.